The molecule has 0 bridgehead atoms. The van der Waals surface area contributed by atoms with Gasteiger partial charge in [0.25, 0.3) is 0 Å². The monoisotopic (exact) mass is 434 g/mol. The molecule has 0 fully saturated rings. The van der Waals surface area contributed by atoms with Gasteiger partial charge in [0.05, 0.1) is 22.2 Å². The third-order valence-electron chi connectivity index (χ3n) is 3.34. The van der Waals surface area contributed by atoms with E-state index in [2.05, 4.69) is 73.3 Å². The number of anilines is 1. The molecule has 2 aromatic rings. The number of likely N-dealkylation sites (N-methyl/N-ethyl adjacent to an activating group) is 1. The van der Waals surface area contributed by atoms with Crippen molar-refractivity contribution in [1.29, 1.82) is 0 Å². The van der Waals surface area contributed by atoms with Crippen LogP contribution in [-0.4, -0.2) is 34.3 Å². The van der Waals surface area contributed by atoms with Crippen LogP contribution in [0, 0.1) is 0 Å². The summed E-state index contributed by atoms with van der Waals surface area (Å²) >= 11 is 8.76. The van der Waals surface area contributed by atoms with Crippen LogP contribution in [0.3, 0.4) is 0 Å². The highest BCUT2D eigenvalue weighted by Gasteiger charge is 2.05. The molecule has 0 aromatic carbocycles. The molecule has 116 valence electrons. The molecule has 0 spiro atoms. The fraction of sp³-hybridized carbons (Fsp3) is 0.500. The van der Waals surface area contributed by atoms with Gasteiger partial charge in [0.15, 0.2) is 0 Å². The number of halogens is 2. The molecule has 1 N–H and O–H groups in total. The summed E-state index contributed by atoms with van der Waals surface area (Å²) in [5.41, 5.74) is 1.06. The number of nitrogens with one attached hydrogen (secondary N) is 1. The van der Waals surface area contributed by atoms with Gasteiger partial charge >= 0.3 is 0 Å². The van der Waals surface area contributed by atoms with Gasteiger partial charge in [-0.15, -0.1) is 11.3 Å². The second kappa shape index (κ2) is 8.31. The third kappa shape index (κ3) is 5.09. The van der Waals surface area contributed by atoms with Gasteiger partial charge in [0.2, 0.25) is 0 Å². The van der Waals surface area contributed by atoms with E-state index in [9.17, 15) is 0 Å². The average Bonchev–Trinajstić information content (AvgIpc) is 3.05. The summed E-state index contributed by atoms with van der Waals surface area (Å²) in [6, 6.07) is 2.13. The molecule has 0 aliphatic carbocycles. The van der Waals surface area contributed by atoms with Crippen molar-refractivity contribution in [3.63, 3.8) is 0 Å². The quantitative estimate of drug-likeness (QED) is 0.665. The smallest absolute Gasteiger partial charge is 0.0843 e. The number of hydrogen-bond donors (Lipinski definition) is 1. The SMILES string of the molecule is CCN(CC)CCn1cc(NCc2cc(Br)c(Br)s2)cn1. The van der Waals surface area contributed by atoms with Crippen molar-refractivity contribution in [3.8, 4) is 0 Å². The standard InChI is InChI=1S/C14H20Br2N4S/c1-3-19(4-2)5-6-20-10-11(8-18-20)17-9-12-7-13(15)14(16)21-12/h7-8,10,17H,3-6,9H2,1-2H3. The molecule has 2 rings (SSSR count). The zero-order valence-electron chi connectivity index (χ0n) is 12.3. The minimum Gasteiger partial charge on any atom is -0.378 e. The van der Waals surface area contributed by atoms with E-state index in [1.54, 1.807) is 11.3 Å². The molecule has 0 saturated carbocycles. The van der Waals surface area contributed by atoms with Crippen LogP contribution in [-0.2, 0) is 13.1 Å². The predicted octanol–water partition coefficient (Wildman–Crippen LogP) is 4.42. The predicted molar refractivity (Wildman–Crippen MR) is 97.1 cm³/mol. The first-order chi connectivity index (χ1) is 10.1. The summed E-state index contributed by atoms with van der Waals surface area (Å²) < 4.78 is 4.24. The van der Waals surface area contributed by atoms with E-state index < -0.39 is 0 Å². The molecule has 7 heteroatoms. The Hall–Kier alpha value is -0.370. The van der Waals surface area contributed by atoms with Gasteiger partial charge in [-0.2, -0.15) is 5.10 Å². The van der Waals surface area contributed by atoms with Gasteiger partial charge in [-0.05, 0) is 51.0 Å². The van der Waals surface area contributed by atoms with Crippen LogP contribution in [0.25, 0.3) is 0 Å². The van der Waals surface area contributed by atoms with E-state index in [4.69, 9.17) is 0 Å². The van der Waals surface area contributed by atoms with E-state index in [0.29, 0.717) is 0 Å². The number of hydrogen-bond acceptors (Lipinski definition) is 4. The van der Waals surface area contributed by atoms with Crippen LogP contribution < -0.4 is 5.32 Å². The van der Waals surface area contributed by atoms with Crippen molar-refractivity contribution < 1.29 is 0 Å². The van der Waals surface area contributed by atoms with Gasteiger partial charge in [0, 0.05) is 28.6 Å². The molecule has 4 nitrogen and oxygen atoms in total. The van der Waals surface area contributed by atoms with E-state index >= 15 is 0 Å². The van der Waals surface area contributed by atoms with E-state index in [1.807, 2.05) is 10.9 Å². The largest absolute Gasteiger partial charge is 0.378 e. The highest BCUT2D eigenvalue weighted by molar-refractivity contribution is 9.13. The van der Waals surface area contributed by atoms with E-state index in [-0.39, 0.29) is 0 Å². The van der Waals surface area contributed by atoms with Crippen LogP contribution in [0.1, 0.15) is 18.7 Å². The number of aromatic nitrogens is 2. The van der Waals surface area contributed by atoms with E-state index in [0.717, 1.165) is 46.7 Å². The Bertz CT molecular complexity index is 544. The summed E-state index contributed by atoms with van der Waals surface area (Å²) in [6.07, 6.45) is 3.96. The zero-order chi connectivity index (χ0) is 15.2. The molecule has 2 heterocycles. The van der Waals surface area contributed by atoms with Crippen LogP contribution in [0.2, 0.25) is 0 Å². The first-order valence-corrected chi connectivity index (χ1v) is 9.45. The van der Waals surface area contributed by atoms with Crippen molar-refractivity contribution in [2.24, 2.45) is 0 Å². The molecule has 0 atom stereocenters. The molecular formula is C14H20Br2N4S. The van der Waals surface area contributed by atoms with Gasteiger partial charge in [-0.1, -0.05) is 13.8 Å². The molecule has 0 saturated heterocycles. The van der Waals surface area contributed by atoms with Gasteiger partial charge in [-0.3, -0.25) is 4.68 Å². The van der Waals surface area contributed by atoms with Gasteiger partial charge < -0.3 is 10.2 Å². The van der Waals surface area contributed by atoms with Crippen molar-refractivity contribution in [2.75, 3.05) is 25.0 Å². The summed E-state index contributed by atoms with van der Waals surface area (Å²) in [5.74, 6) is 0. The number of thiophene rings is 1. The van der Waals surface area contributed by atoms with Gasteiger partial charge in [0.1, 0.15) is 0 Å². The highest BCUT2D eigenvalue weighted by Crippen LogP contribution is 2.32. The maximum atomic E-state index is 4.40. The fourth-order valence-electron chi connectivity index (χ4n) is 2.03. The molecule has 0 unspecified atom stereocenters. The second-order valence-corrected chi connectivity index (χ2v) is 8.02. The van der Waals surface area contributed by atoms with Crippen molar-refractivity contribution in [1.82, 2.24) is 14.7 Å². The Labute approximate surface area is 146 Å². The summed E-state index contributed by atoms with van der Waals surface area (Å²) in [7, 11) is 0. The summed E-state index contributed by atoms with van der Waals surface area (Å²) in [4.78, 5) is 3.68. The van der Waals surface area contributed by atoms with Gasteiger partial charge in [-0.25, -0.2) is 0 Å². The van der Waals surface area contributed by atoms with Crippen molar-refractivity contribution >= 4 is 48.9 Å². The Morgan fingerprint density at radius 3 is 2.71 bits per heavy atom. The van der Waals surface area contributed by atoms with E-state index in [1.165, 1.54) is 4.88 Å². The number of nitrogens with zero attached hydrogens (tertiary/aromatic N) is 3. The fourth-order valence-corrected chi connectivity index (χ4v) is 4.15. The van der Waals surface area contributed by atoms with Crippen LogP contribution in [0.15, 0.2) is 26.7 Å². The second-order valence-electron chi connectivity index (χ2n) is 4.71. The first kappa shape index (κ1) is 17.0. The van der Waals surface area contributed by atoms with Crippen molar-refractivity contribution in [2.45, 2.75) is 26.9 Å². The molecule has 0 aliphatic rings. The number of rotatable bonds is 8. The maximum Gasteiger partial charge on any atom is 0.0843 e. The minimum atomic E-state index is 0.816. The molecule has 21 heavy (non-hydrogen) atoms. The third-order valence-corrected chi connectivity index (χ3v) is 6.59. The Kier molecular flexibility index (Phi) is 6.73. The molecule has 0 radical (unpaired) electrons. The highest BCUT2D eigenvalue weighted by atomic mass is 79.9. The summed E-state index contributed by atoms with van der Waals surface area (Å²) in [5, 5.41) is 7.81. The maximum absolute atomic E-state index is 4.40. The van der Waals surface area contributed by atoms with Crippen LogP contribution in [0.4, 0.5) is 5.69 Å². The Morgan fingerprint density at radius 2 is 2.10 bits per heavy atom. The molecule has 0 aliphatic heterocycles. The lowest BCUT2D eigenvalue weighted by atomic mass is 10.4. The summed E-state index contributed by atoms with van der Waals surface area (Å²) in [6.45, 7) is 9.35. The molecule has 0 amide bonds. The lowest BCUT2D eigenvalue weighted by Gasteiger charge is -2.17. The van der Waals surface area contributed by atoms with Crippen LogP contribution >= 0.6 is 43.2 Å². The molecule has 2 aromatic heterocycles. The normalized spacial score (nSPS) is 11.3. The minimum absolute atomic E-state index is 0.816. The lowest BCUT2D eigenvalue weighted by molar-refractivity contribution is 0.285. The average molecular weight is 436 g/mol. The molecular weight excluding hydrogens is 416 g/mol. The van der Waals surface area contributed by atoms with Crippen LogP contribution in [0.5, 0.6) is 0 Å². The Morgan fingerprint density at radius 1 is 1.33 bits per heavy atom. The zero-order valence-corrected chi connectivity index (χ0v) is 16.3. The first-order valence-electron chi connectivity index (χ1n) is 7.04. The lowest BCUT2D eigenvalue weighted by Crippen LogP contribution is -2.27. The van der Waals surface area contributed by atoms with Crippen molar-refractivity contribution in [3.05, 3.63) is 31.6 Å². The topological polar surface area (TPSA) is 33.1 Å². The Balaban J connectivity index is 1.82.